The van der Waals surface area contributed by atoms with E-state index in [2.05, 4.69) is 10.3 Å². The van der Waals surface area contributed by atoms with Gasteiger partial charge in [-0.05, 0) is 9.91 Å². The van der Waals surface area contributed by atoms with Gasteiger partial charge in [0.05, 0.1) is 5.75 Å². The van der Waals surface area contributed by atoms with E-state index in [1.165, 1.54) is 10.9 Å². The highest BCUT2D eigenvalue weighted by Crippen LogP contribution is 2.20. The van der Waals surface area contributed by atoms with E-state index in [9.17, 15) is 18.5 Å². The van der Waals surface area contributed by atoms with Crippen LogP contribution in [0, 0.1) is 10.1 Å². The van der Waals surface area contributed by atoms with E-state index in [1.54, 1.807) is 7.05 Å². The molecule has 0 fully saturated rings. The van der Waals surface area contributed by atoms with Gasteiger partial charge in [-0.2, -0.15) is 0 Å². The molecule has 1 aromatic rings. The average molecular weight is 249 g/mol. The summed E-state index contributed by atoms with van der Waals surface area (Å²) in [5.74, 6) is -0.513. The van der Waals surface area contributed by atoms with E-state index in [1.807, 2.05) is 0 Å². The summed E-state index contributed by atoms with van der Waals surface area (Å²) in [6.07, 6.45) is 1.26. The molecule has 0 saturated carbocycles. The molecule has 1 heterocycles. The summed E-state index contributed by atoms with van der Waals surface area (Å²) < 4.78 is 22.7. The molecule has 0 aliphatic heterocycles. The van der Waals surface area contributed by atoms with Crippen molar-refractivity contribution < 1.29 is 13.3 Å². The van der Waals surface area contributed by atoms with Gasteiger partial charge in [-0.25, -0.2) is 13.6 Å². The second kappa shape index (κ2) is 4.45. The molecule has 10 heteroatoms. The number of hydrogen-bond donors (Lipinski definition) is 2. The van der Waals surface area contributed by atoms with E-state index in [-0.39, 0.29) is 23.9 Å². The van der Waals surface area contributed by atoms with E-state index < -0.39 is 14.9 Å². The standard InChI is InChI=1S/C6H11N5O4S/c1-10-4-9-6(11(12)13)5(10)8-2-3-16(7,14)15/h4,8H,2-3H2,1H3,(H2,7,14,15). The summed E-state index contributed by atoms with van der Waals surface area (Å²) in [4.78, 5) is 13.4. The minimum atomic E-state index is -3.59. The number of aromatic nitrogens is 2. The minimum Gasteiger partial charge on any atom is -0.363 e. The fourth-order valence-corrected chi connectivity index (χ4v) is 1.45. The molecule has 0 spiro atoms. The highest BCUT2D eigenvalue weighted by atomic mass is 32.2. The van der Waals surface area contributed by atoms with Crippen molar-refractivity contribution >= 4 is 21.7 Å². The lowest BCUT2D eigenvalue weighted by atomic mass is 10.6. The number of aryl methyl sites for hydroxylation is 1. The molecule has 16 heavy (non-hydrogen) atoms. The predicted molar refractivity (Wildman–Crippen MR) is 56.3 cm³/mol. The predicted octanol–water partition coefficient (Wildman–Crippen LogP) is -0.971. The van der Waals surface area contributed by atoms with Gasteiger partial charge in [0.15, 0.2) is 0 Å². The maximum absolute atomic E-state index is 10.6. The van der Waals surface area contributed by atoms with Gasteiger partial charge in [0.25, 0.3) is 0 Å². The maximum atomic E-state index is 10.6. The molecule has 0 aromatic carbocycles. The van der Waals surface area contributed by atoms with Crippen molar-refractivity contribution in [1.82, 2.24) is 9.55 Å². The summed E-state index contributed by atoms with van der Waals surface area (Å²) in [7, 11) is -2.03. The average Bonchev–Trinajstić information content (AvgIpc) is 2.46. The molecular formula is C6H11N5O4S. The largest absolute Gasteiger partial charge is 0.406 e. The Morgan fingerprint density at radius 1 is 1.69 bits per heavy atom. The number of nitrogens with one attached hydrogen (secondary N) is 1. The first kappa shape index (κ1) is 12.4. The first-order chi connectivity index (χ1) is 7.31. The molecule has 0 bridgehead atoms. The van der Waals surface area contributed by atoms with Crippen molar-refractivity contribution in [2.24, 2.45) is 12.2 Å². The zero-order valence-corrected chi connectivity index (χ0v) is 9.27. The Kier molecular flexibility index (Phi) is 3.44. The Morgan fingerprint density at radius 3 is 2.81 bits per heavy atom. The zero-order valence-electron chi connectivity index (χ0n) is 8.45. The Labute approximate surface area is 91.5 Å². The monoisotopic (exact) mass is 249 g/mol. The van der Waals surface area contributed by atoms with Gasteiger partial charge in [0.2, 0.25) is 22.2 Å². The van der Waals surface area contributed by atoms with Crippen molar-refractivity contribution in [2.45, 2.75) is 0 Å². The highest BCUT2D eigenvalue weighted by molar-refractivity contribution is 7.89. The number of imidazole rings is 1. The number of hydrogen-bond acceptors (Lipinski definition) is 6. The lowest BCUT2D eigenvalue weighted by Gasteiger charge is -2.04. The molecule has 1 aromatic heterocycles. The molecule has 90 valence electrons. The topological polar surface area (TPSA) is 133 Å². The highest BCUT2D eigenvalue weighted by Gasteiger charge is 2.19. The summed E-state index contributed by atoms with van der Waals surface area (Å²) in [5.41, 5.74) is 0. The molecule has 0 saturated heterocycles. The van der Waals surface area contributed by atoms with Crippen molar-refractivity contribution in [3.8, 4) is 0 Å². The van der Waals surface area contributed by atoms with Crippen LogP contribution in [0.25, 0.3) is 0 Å². The first-order valence-electron chi connectivity index (χ1n) is 4.21. The van der Waals surface area contributed by atoms with Crippen LogP contribution in [0.15, 0.2) is 6.33 Å². The van der Waals surface area contributed by atoms with E-state index in [0.717, 1.165) is 0 Å². The van der Waals surface area contributed by atoms with Crippen LogP contribution in [0.1, 0.15) is 0 Å². The summed E-state index contributed by atoms with van der Waals surface area (Å²) in [6, 6.07) is 0. The molecule has 0 amide bonds. The van der Waals surface area contributed by atoms with Crippen molar-refractivity contribution in [1.29, 1.82) is 0 Å². The molecule has 0 aliphatic rings. The summed E-state index contributed by atoms with van der Waals surface area (Å²) in [6.45, 7) is -0.0147. The van der Waals surface area contributed by atoms with Crippen LogP contribution in [0.2, 0.25) is 0 Å². The normalized spacial score (nSPS) is 11.4. The summed E-state index contributed by atoms with van der Waals surface area (Å²) in [5, 5.41) is 17.9. The third kappa shape index (κ3) is 3.17. The number of primary sulfonamides is 1. The Bertz CT molecular complexity index is 493. The van der Waals surface area contributed by atoms with Crippen LogP contribution in [0.3, 0.4) is 0 Å². The molecule has 0 aliphatic carbocycles. The second-order valence-electron chi connectivity index (χ2n) is 3.08. The lowest BCUT2D eigenvalue weighted by Crippen LogP contribution is -2.23. The van der Waals surface area contributed by atoms with Crippen LogP contribution in [-0.4, -0.2) is 35.2 Å². The van der Waals surface area contributed by atoms with Crippen LogP contribution in [0.5, 0.6) is 0 Å². The third-order valence-corrected chi connectivity index (χ3v) is 2.54. The molecule has 0 unspecified atom stereocenters. The quantitative estimate of drug-likeness (QED) is 0.509. The van der Waals surface area contributed by atoms with Crippen LogP contribution >= 0.6 is 0 Å². The fourth-order valence-electron chi connectivity index (χ4n) is 1.07. The smallest absolute Gasteiger partial charge is 0.363 e. The second-order valence-corrected chi connectivity index (χ2v) is 4.81. The van der Waals surface area contributed by atoms with Crippen molar-refractivity contribution in [3.05, 3.63) is 16.4 Å². The van der Waals surface area contributed by atoms with E-state index >= 15 is 0 Å². The summed E-state index contributed by atoms with van der Waals surface area (Å²) >= 11 is 0. The van der Waals surface area contributed by atoms with Gasteiger partial charge in [0.1, 0.15) is 0 Å². The third-order valence-electron chi connectivity index (χ3n) is 1.77. The number of nitrogens with two attached hydrogens (primary N) is 1. The molecule has 0 radical (unpaired) electrons. The van der Waals surface area contributed by atoms with Gasteiger partial charge < -0.3 is 15.4 Å². The molecule has 0 atom stereocenters. The van der Waals surface area contributed by atoms with E-state index in [4.69, 9.17) is 5.14 Å². The van der Waals surface area contributed by atoms with Crippen molar-refractivity contribution in [3.63, 3.8) is 0 Å². The molecular weight excluding hydrogens is 238 g/mol. The van der Waals surface area contributed by atoms with Gasteiger partial charge in [-0.15, -0.1) is 0 Å². The molecule has 1 rings (SSSR count). The Hall–Kier alpha value is -1.68. The van der Waals surface area contributed by atoms with Crippen LogP contribution in [-0.2, 0) is 17.1 Å². The Balaban J connectivity index is 2.73. The number of anilines is 1. The molecule has 9 nitrogen and oxygen atoms in total. The van der Waals surface area contributed by atoms with Gasteiger partial charge in [0, 0.05) is 13.6 Å². The fraction of sp³-hybridized carbons (Fsp3) is 0.500. The maximum Gasteiger partial charge on any atom is 0.406 e. The first-order valence-corrected chi connectivity index (χ1v) is 5.93. The zero-order chi connectivity index (χ0) is 12.3. The number of rotatable bonds is 5. The van der Waals surface area contributed by atoms with Gasteiger partial charge >= 0.3 is 5.82 Å². The van der Waals surface area contributed by atoms with Gasteiger partial charge in [-0.1, -0.05) is 0 Å². The van der Waals surface area contributed by atoms with Gasteiger partial charge in [-0.3, -0.25) is 4.57 Å². The van der Waals surface area contributed by atoms with Crippen molar-refractivity contribution in [2.75, 3.05) is 17.6 Å². The van der Waals surface area contributed by atoms with E-state index in [0.29, 0.717) is 0 Å². The van der Waals surface area contributed by atoms with Crippen LogP contribution in [0.4, 0.5) is 11.6 Å². The number of sulfonamides is 1. The molecule has 3 N–H and O–H groups in total. The SMILES string of the molecule is Cn1cnc([N+](=O)[O-])c1NCCS(N)(=O)=O. The number of nitro groups is 1. The minimum absolute atomic E-state index is 0.0147. The lowest BCUT2D eigenvalue weighted by molar-refractivity contribution is -0.388. The van der Waals surface area contributed by atoms with Crippen LogP contribution < -0.4 is 10.5 Å². The Morgan fingerprint density at radius 2 is 2.31 bits per heavy atom. The number of nitrogens with zero attached hydrogens (tertiary/aromatic N) is 3.